The molecule has 0 bridgehead atoms. The Morgan fingerprint density at radius 2 is 1.69 bits per heavy atom. The Bertz CT molecular complexity index is 857. The van der Waals surface area contributed by atoms with Crippen molar-refractivity contribution in [3.8, 4) is 23.0 Å². The van der Waals surface area contributed by atoms with Gasteiger partial charge in [-0.25, -0.2) is 4.79 Å². The lowest BCUT2D eigenvalue weighted by atomic mass is 10.2. The van der Waals surface area contributed by atoms with E-state index in [1.807, 2.05) is 0 Å². The molecule has 1 unspecified atom stereocenters. The van der Waals surface area contributed by atoms with E-state index in [-0.39, 0.29) is 38.2 Å². The summed E-state index contributed by atoms with van der Waals surface area (Å²) in [6.07, 6.45) is 0. The molecular weight excluding hydrogens is 430 g/mol. The fourth-order valence-electron chi connectivity index (χ4n) is 2.12. The van der Waals surface area contributed by atoms with Gasteiger partial charge in [-0.1, -0.05) is 46.4 Å². The average Bonchev–Trinajstić information content (AvgIpc) is 3.03. The number of aromatic hydroxyl groups is 1. The topological polar surface area (TPSA) is 74.2 Å². The van der Waals surface area contributed by atoms with Crippen molar-refractivity contribution in [2.75, 3.05) is 6.61 Å². The molecule has 0 saturated carbocycles. The Morgan fingerprint density at radius 1 is 1.08 bits per heavy atom. The first kappa shape index (κ1) is 19.0. The zero-order chi connectivity index (χ0) is 19.0. The second-order valence-electron chi connectivity index (χ2n) is 4.96. The highest BCUT2D eigenvalue weighted by molar-refractivity contribution is 6.50. The summed E-state index contributed by atoms with van der Waals surface area (Å²) < 4.78 is 21.3. The van der Waals surface area contributed by atoms with Gasteiger partial charge in [-0.05, 0) is 25.1 Å². The molecule has 1 heterocycles. The lowest BCUT2D eigenvalue weighted by Crippen LogP contribution is -2.25. The lowest BCUT2D eigenvalue weighted by molar-refractivity contribution is -0.112. The van der Waals surface area contributed by atoms with Crippen LogP contribution in [-0.2, 0) is 4.74 Å². The fourth-order valence-corrected chi connectivity index (χ4v) is 3.03. The minimum Gasteiger partial charge on any atom is -0.505 e. The molecule has 26 heavy (non-hydrogen) atoms. The molecule has 0 fully saturated rings. The summed E-state index contributed by atoms with van der Waals surface area (Å²) in [7, 11) is 0. The standard InChI is InChI=1S/C16H10Cl4O6/c1-2-23-15(22)6-3-4-7-8(5-6)25-16(24-7)26-14-11(19)9(17)13(21)10(18)12(14)20/h3-5,16,21H,2H2,1H3. The number of halogens is 4. The van der Waals surface area contributed by atoms with Gasteiger partial charge in [0.15, 0.2) is 23.0 Å². The minimum absolute atomic E-state index is 0.121. The third-order valence-electron chi connectivity index (χ3n) is 3.32. The van der Waals surface area contributed by atoms with Crippen molar-refractivity contribution >= 4 is 52.4 Å². The zero-order valence-corrected chi connectivity index (χ0v) is 16.0. The van der Waals surface area contributed by atoms with Crippen LogP contribution in [0.25, 0.3) is 0 Å². The molecular formula is C16H10Cl4O6. The van der Waals surface area contributed by atoms with Gasteiger partial charge in [-0.3, -0.25) is 0 Å². The Labute approximate surface area is 168 Å². The van der Waals surface area contributed by atoms with Crippen LogP contribution in [-0.4, -0.2) is 24.2 Å². The molecule has 2 aromatic rings. The van der Waals surface area contributed by atoms with Gasteiger partial charge < -0.3 is 24.1 Å². The molecule has 1 N–H and O–H groups in total. The van der Waals surface area contributed by atoms with Crippen LogP contribution in [0.15, 0.2) is 18.2 Å². The number of rotatable bonds is 4. The Hall–Kier alpha value is -1.73. The van der Waals surface area contributed by atoms with Gasteiger partial charge in [0, 0.05) is 0 Å². The molecule has 0 amide bonds. The Kier molecular flexibility index (Phi) is 5.48. The van der Waals surface area contributed by atoms with E-state index in [4.69, 9.17) is 65.4 Å². The van der Waals surface area contributed by atoms with Crippen LogP contribution in [0.2, 0.25) is 20.1 Å². The maximum absolute atomic E-state index is 11.8. The van der Waals surface area contributed by atoms with Gasteiger partial charge >= 0.3 is 12.4 Å². The summed E-state index contributed by atoms with van der Waals surface area (Å²) in [5, 5.41) is 8.96. The van der Waals surface area contributed by atoms with Crippen LogP contribution in [0.3, 0.4) is 0 Å². The summed E-state index contributed by atoms with van der Waals surface area (Å²) in [5.41, 5.74) is 0.293. The summed E-state index contributed by atoms with van der Waals surface area (Å²) >= 11 is 23.8. The molecule has 1 atom stereocenters. The van der Waals surface area contributed by atoms with E-state index >= 15 is 0 Å². The molecule has 3 rings (SSSR count). The average molecular weight is 440 g/mol. The molecule has 0 spiro atoms. The molecule has 0 radical (unpaired) electrons. The number of phenolic OH excluding ortho intramolecular Hbond substituents is 1. The monoisotopic (exact) mass is 438 g/mol. The van der Waals surface area contributed by atoms with Crippen molar-refractivity contribution < 1.29 is 28.8 Å². The number of hydrogen-bond acceptors (Lipinski definition) is 6. The smallest absolute Gasteiger partial charge is 0.406 e. The van der Waals surface area contributed by atoms with E-state index in [1.54, 1.807) is 6.92 Å². The normalized spacial score (nSPS) is 15.0. The van der Waals surface area contributed by atoms with E-state index in [2.05, 4.69) is 0 Å². The van der Waals surface area contributed by atoms with Crippen LogP contribution >= 0.6 is 46.4 Å². The maximum Gasteiger partial charge on any atom is 0.406 e. The first-order chi connectivity index (χ1) is 12.3. The van der Waals surface area contributed by atoms with Crippen molar-refractivity contribution in [3.63, 3.8) is 0 Å². The summed E-state index contributed by atoms with van der Waals surface area (Å²) in [6.45, 7) is 0.697. The molecule has 138 valence electrons. The van der Waals surface area contributed by atoms with Crippen LogP contribution in [0.4, 0.5) is 0 Å². The number of ether oxygens (including phenoxy) is 4. The second-order valence-corrected chi connectivity index (χ2v) is 6.47. The number of carbonyl (C=O) groups excluding carboxylic acids is 1. The molecule has 0 saturated heterocycles. The number of hydrogen-bond donors (Lipinski definition) is 1. The van der Waals surface area contributed by atoms with E-state index < -0.39 is 18.2 Å². The molecule has 10 heteroatoms. The van der Waals surface area contributed by atoms with Crippen LogP contribution in [0.1, 0.15) is 17.3 Å². The highest BCUT2D eigenvalue weighted by atomic mass is 35.5. The predicted octanol–water partition coefficient (Wildman–Crippen LogP) is 5.32. The van der Waals surface area contributed by atoms with E-state index in [9.17, 15) is 9.90 Å². The van der Waals surface area contributed by atoms with Gasteiger partial charge in [0.05, 0.1) is 12.2 Å². The molecule has 0 aromatic heterocycles. The molecule has 2 aromatic carbocycles. The van der Waals surface area contributed by atoms with E-state index in [1.165, 1.54) is 18.2 Å². The fraction of sp³-hybridized carbons (Fsp3) is 0.188. The highest BCUT2D eigenvalue weighted by Crippen LogP contribution is 2.50. The number of phenols is 1. The van der Waals surface area contributed by atoms with Gasteiger partial charge in [-0.15, -0.1) is 0 Å². The van der Waals surface area contributed by atoms with Gasteiger partial charge in [0.25, 0.3) is 0 Å². The highest BCUT2D eigenvalue weighted by Gasteiger charge is 2.30. The Balaban J connectivity index is 1.83. The number of esters is 1. The van der Waals surface area contributed by atoms with Crippen LogP contribution < -0.4 is 14.2 Å². The number of benzene rings is 2. The number of carbonyl (C=O) groups is 1. The lowest BCUT2D eigenvalue weighted by Gasteiger charge is -2.16. The van der Waals surface area contributed by atoms with Gasteiger partial charge in [0.1, 0.15) is 20.1 Å². The molecule has 1 aliphatic rings. The van der Waals surface area contributed by atoms with Gasteiger partial charge in [-0.2, -0.15) is 0 Å². The second kappa shape index (κ2) is 7.48. The zero-order valence-electron chi connectivity index (χ0n) is 13.0. The van der Waals surface area contributed by atoms with Crippen LogP contribution in [0, 0.1) is 0 Å². The van der Waals surface area contributed by atoms with Crippen molar-refractivity contribution in [2.24, 2.45) is 0 Å². The van der Waals surface area contributed by atoms with Crippen molar-refractivity contribution in [1.29, 1.82) is 0 Å². The SMILES string of the molecule is CCOC(=O)c1ccc2c(c1)OC(Oc1c(Cl)c(Cl)c(O)c(Cl)c1Cl)O2. The molecule has 0 aliphatic carbocycles. The van der Waals surface area contributed by atoms with E-state index in [0.717, 1.165) is 0 Å². The largest absolute Gasteiger partial charge is 0.505 e. The predicted molar refractivity (Wildman–Crippen MR) is 96.2 cm³/mol. The van der Waals surface area contributed by atoms with Crippen molar-refractivity contribution in [3.05, 3.63) is 43.9 Å². The van der Waals surface area contributed by atoms with Crippen molar-refractivity contribution in [1.82, 2.24) is 0 Å². The van der Waals surface area contributed by atoms with Crippen molar-refractivity contribution in [2.45, 2.75) is 13.4 Å². The maximum atomic E-state index is 11.8. The molecule has 6 nitrogen and oxygen atoms in total. The summed E-state index contributed by atoms with van der Waals surface area (Å²) in [5.74, 6) is -0.475. The van der Waals surface area contributed by atoms with Gasteiger partial charge in [0.2, 0.25) is 0 Å². The number of fused-ring (bicyclic) bond motifs is 1. The third-order valence-corrected chi connectivity index (χ3v) is 4.97. The molecule has 1 aliphatic heterocycles. The summed E-state index contributed by atoms with van der Waals surface area (Å²) in [4.78, 5) is 11.8. The summed E-state index contributed by atoms with van der Waals surface area (Å²) in [6, 6.07) is 4.51. The minimum atomic E-state index is -1.26. The van der Waals surface area contributed by atoms with E-state index in [0.29, 0.717) is 11.3 Å². The Morgan fingerprint density at radius 3 is 2.31 bits per heavy atom. The first-order valence-electron chi connectivity index (χ1n) is 7.19. The van der Waals surface area contributed by atoms with Crippen LogP contribution in [0.5, 0.6) is 23.0 Å². The quantitative estimate of drug-likeness (QED) is 0.513. The third kappa shape index (κ3) is 3.42. The first-order valence-corrected chi connectivity index (χ1v) is 8.70.